The highest BCUT2D eigenvalue weighted by Gasteiger charge is 2.07. The molecule has 0 saturated heterocycles. The van der Waals surface area contributed by atoms with Crippen molar-refractivity contribution in [3.8, 4) is 0 Å². The fraction of sp³-hybridized carbons (Fsp3) is 0.188. The molecule has 3 N–H and O–H groups in total. The van der Waals surface area contributed by atoms with Gasteiger partial charge in [-0.3, -0.25) is 0 Å². The van der Waals surface area contributed by atoms with Crippen LogP contribution in [0.4, 0.5) is 5.69 Å². The third-order valence-corrected chi connectivity index (χ3v) is 3.31. The summed E-state index contributed by atoms with van der Waals surface area (Å²) < 4.78 is 0. The van der Waals surface area contributed by atoms with E-state index in [1.807, 2.05) is 12.1 Å². The lowest BCUT2D eigenvalue weighted by Crippen LogP contribution is -2.14. The van der Waals surface area contributed by atoms with E-state index >= 15 is 0 Å². The van der Waals surface area contributed by atoms with Crippen LogP contribution in [-0.4, -0.2) is 4.99 Å². The Balaban J connectivity index is 2.22. The predicted octanol–water partition coefficient (Wildman–Crippen LogP) is 3.55. The van der Waals surface area contributed by atoms with Crippen LogP contribution in [0.5, 0.6) is 0 Å². The second-order valence-corrected chi connectivity index (χ2v) is 5.14. The topological polar surface area (TPSA) is 38.0 Å². The SMILES string of the molecule is Cc1cccc(CNc2c(C)cccc2C(N)=S)c1. The maximum absolute atomic E-state index is 5.77. The van der Waals surface area contributed by atoms with Crippen LogP contribution < -0.4 is 11.1 Å². The molecule has 0 unspecified atom stereocenters. The van der Waals surface area contributed by atoms with Gasteiger partial charge in [-0.25, -0.2) is 0 Å². The van der Waals surface area contributed by atoms with Gasteiger partial charge in [0.05, 0.1) is 0 Å². The smallest absolute Gasteiger partial charge is 0.106 e. The molecular weight excluding hydrogens is 252 g/mol. The average Bonchev–Trinajstić information content (AvgIpc) is 2.37. The second-order valence-electron chi connectivity index (χ2n) is 4.70. The van der Waals surface area contributed by atoms with Crippen molar-refractivity contribution in [2.75, 3.05) is 5.32 Å². The van der Waals surface area contributed by atoms with Crippen LogP contribution in [-0.2, 0) is 6.54 Å². The van der Waals surface area contributed by atoms with Gasteiger partial charge < -0.3 is 11.1 Å². The third-order valence-electron chi connectivity index (χ3n) is 3.09. The summed E-state index contributed by atoms with van der Waals surface area (Å²) >= 11 is 5.10. The lowest BCUT2D eigenvalue weighted by Gasteiger charge is -2.14. The molecule has 0 saturated carbocycles. The summed E-state index contributed by atoms with van der Waals surface area (Å²) in [6, 6.07) is 14.4. The Bertz CT molecular complexity index is 605. The Morgan fingerprint density at radius 2 is 1.89 bits per heavy atom. The molecule has 2 aromatic rings. The third kappa shape index (κ3) is 3.32. The van der Waals surface area contributed by atoms with Crippen LogP contribution in [0, 0.1) is 13.8 Å². The number of hydrogen-bond donors (Lipinski definition) is 2. The number of anilines is 1. The zero-order valence-electron chi connectivity index (χ0n) is 11.2. The predicted molar refractivity (Wildman–Crippen MR) is 85.6 cm³/mol. The number of nitrogens with one attached hydrogen (secondary N) is 1. The first kappa shape index (κ1) is 13.6. The van der Waals surface area contributed by atoms with Crippen molar-refractivity contribution in [1.29, 1.82) is 0 Å². The van der Waals surface area contributed by atoms with Gasteiger partial charge >= 0.3 is 0 Å². The second kappa shape index (κ2) is 5.85. The van der Waals surface area contributed by atoms with E-state index in [1.54, 1.807) is 0 Å². The van der Waals surface area contributed by atoms with Crippen molar-refractivity contribution in [1.82, 2.24) is 0 Å². The molecule has 0 spiro atoms. The molecule has 0 radical (unpaired) electrons. The molecule has 0 bridgehead atoms. The van der Waals surface area contributed by atoms with Crippen molar-refractivity contribution < 1.29 is 0 Å². The van der Waals surface area contributed by atoms with Crippen molar-refractivity contribution in [3.05, 3.63) is 64.7 Å². The van der Waals surface area contributed by atoms with Gasteiger partial charge in [-0.15, -0.1) is 0 Å². The van der Waals surface area contributed by atoms with Gasteiger partial charge in [0.1, 0.15) is 4.99 Å². The number of thiocarbonyl (C=S) groups is 1. The normalized spacial score (nSPS) is 10.2. The van der Waals surface area contributed by atoms with E-state index in [0.29, 0.717) is 4.99 Å². The molecule has 0 aliphatic carbocycles. The highest BCUT2D eigenvalue weighted by atomic mass is 32.1. The van der Waals surface area contributed by atoms with Crippen molar-refractivity contribution in [2.45, 2.75) is 20.4 Å². The molecule has 0 amide bonds. The Hall–Kier alpha value is -1.87. The Labute approximate surface area is 119 Å². The van der Waals surface area contributed by atoms with Crippen LogP contribution in [0.15, 0.2) is 42.5 Å². The minimum Gasteiger partial charge on any atom is -0.389 e. The van der Waals surface area contributed by atoms with E-state index in [-0.39, 0.29) is 0 Å². The standard InChI is InChI=1S/C16H18N2S/c1-11-5-3-7-13(9-11)10-18-15-12(2)6-4-8-14(15)16(17)19/h3-9,18H,10H2,1-2H3,(H2,17,19). The largest absolute Gasteiger partial charge is 0.389 e. The quantitative estimate of drug-likeness (QED) is 0.834. The van der Waals surface area contributed by atoms with E-state index in [2.05, 4.69) is 49.5 Å². The monoisotopic (exact) mass is 270 g/mol. The van der Waals surface area contributed by atoms with Gasteiger partial charge in [0.2, 0.25) is 0 Å². The molecule has 0 aliphatic rings. The molecule has 2 nitrogen and oxygen atoms in total. The van der Waals surface area contributed by atoms with Crippen LogP contribution >= 0.6 is 12.2 Å². The van der Waals surface area contributed by atoms with E-state index in [0.717, 1.165) is 23.4 Å². The molecule has 0 heterocycles. The van der Waals surface area contributed by atoms with E-state index in [9.17, 15) is 0 Å². The summed E-state index contributed by atoms with van der Waals surface area (Å²) in [4.78, 5) is 0.426. The molecular formula is C16H18N2S. The maximum Gasteiger partial charge on any atom is 0.106 e. The molecule has 0 aliphatic heterocycles. The number of aryl methyl sites for hydroxylation is 2. The Morgan fingerprint density at radius 1 is 1.16 bits per heavy atom. The number of rotatable bonds is 4. The highest BCUT2D eigenvalue weighted by molar-refractivity contribution is 7.80. The summed E-state index contributed by atoms with van der Waals surface area (Å²) in [5.74, 6) is 0. The number of hydrogen-bond acceptors (Lipinski definition) is 2. The number of para-hydroxylation sites is 1. The van der Waals surface area contributed by atoms with Gasteiger partial charge in [-0.2, -0.15) is 0 Å². The molecule has 2 aromatic carbocycles. The van der Waals surface area contributed by atoms with Crippen molar-refractivity contribution in [3.63, 3.8) is 0 Å². The van der Waals surface area contributed by atoms with E-state index < -0.39 is 0 Å². The van der Waals surface area contributed by atoms with Gasteiger partial charge in [0.15, 0.2) is 0 Å². The fourth-order valence-corrected chi connectivity index (χ4v) is 2.29. The molecule has 2 rings (SSSR count). The van der Waals surface area contributed by atoms with Crippen LogP contribution in [0.25, 0.3) is 0 Å². The van der Waals surface area contributed by atoms with Gasteiger partial charge in [-0.05, 0) is 31.0 Å². The molecule has 19 heavy (non-hydrogen) atoms. The molecule has 3 heteroatoms. The molecule has 0 atom stereocenters. The first-order valence-electron chi connectivity index (χ1n) is 6.27. The zero-order valence-corrected chi connectivity index (χ0v) is 12.1. The highest BCUT2D eigenvalue weighted by Crippen LogP contribution is 2.21. The molecule has 98 valence electrons. The maximum atomic E-state index is 5.77. The van der Waals surface area contributed by atoms with Gasteiger partial charge in [-0.1, -0.05) is 54.2 Å². The van der Waals surface area contributed by atoms with Crippen LogP contribution in [0.3, 0.4) is 0 Å². The van der Waals surface area contributed by atoms with Gasteiger partial charge in [0, 0.05) is 17.8 Å². The average molecular weight is 270 g/mol. The van der Waals surface area contributed by atoms with Crippen LogP contribution in [0.1, 0.15) is 22.3 Å². The first-order valence-corrected chi connectivity index (χ1v) is 6.67. The van der Waals surface area contributed by atoms with Gasteiger partial charge in [0.25, 0.3) is 0 Å². The lowest BCUT2D eigenvalue weighted by molar-refractivity contribution is 1.13. The fourth-order valence-electron chi connectivity index (χ4n) is 2.12. The Morgan fingerprint density at radius 3 is 2.58 bits per heavy atom. The summed E-state index contributed by atoms with van der Waals surface area (Å²) in [5.41, 5.74) is 11.4. The summed E-state index contributed by atoms with van der Waals surface area (Å²) in [6.07, 6.45) is 0. The number of nitrogens with two attached hydrogens (primary N) is 1. The van der Waals surface area contributed by atoms with Crippen molar-refractivity contribution in [2.24, 2.45) is 5.73 Å². The van der Waals surface area contributed by atoms with Crippen LogP contribution in [0.2, 0.25) is 0 Å². The summed E-state index contributed by atoms with van der Waals surface area (Å²) in [5, 5.41) is 3.44. The first-order chi connectivity index (χ1) is 9.08. The Kier molecular flexibility index (Phi) is 4.17. The summed E-state index contributed by atoms with van der Waals surface area (Å²) in [7, 11) is 0. The number of benzene rings is 2. The van der Waals surface area contributed by atoms with E-state index in [4.69, 9.17) is 18.0 Å². The van der Waals surface area contributed by atoms with E-state index in [1.165, 1.54) is 11.1 Å². The minimum absolute atomic E-state index is 0.426. The minimum atomic E-state index is 0.426. The van der Waals surface area contributed by atoms with Crippen molar-refractivity contribution >= 4 is 22.9 Å². The summed E-state index contributed by atoms with van der Waals surface area (Å²) in [6.45, 7) is 4.92. The molecule has 0 aromatic heterocycles. The molecule has 0 fully saturated rings. The zero-order chi connectivity index (χ0) is 13.8. The lowest BCUT2D eigenvalue weighted by atomic mass is 10.1.